The van der Waals surface area contributed by atoms with Gasteiger partial charge in [0.25, 0.3) is 0 Å². The molecule has 0 heterocycles. The van der Waals surface area contributed by atoms with Crippen molar-refractivity contribution >= 4 is 5.78 Å². The molecule has 0 saturated heterocycles. The predicted octanol–water partition coefficient (Wildman–Crippen LogP) is 3.96. The van der Waals surface area contributed by atoms with Gasteiger partial charge in [-0.15, -0.1) is 0 Å². The van der Waals surface area contributed by atoms with Crippen LogP contribution >= 0.6 is 0 Å². The molecule has 1 nitrogen and oxygen atoms in total. The van der Waals surface area contributed by atoms with Crippen LogP contribution in [0.15, 0.2) is 0 Å². The smallest absolute Gasteiger partial charge is 0.136 e. The minimum absolute atomic E-state index is 0.423. The van der Waals surface area contributed by atoms with Crippen molar-refractivity contribution in [1.29, 1.82) is 0 Å². The maximum absolute atomic E-state index is 12.0. The average Bonchev–Trinajstić information content (AvgIpc) is 2.56. The summed E-state index contributed by atoms with van der Waals surface area (Å²) < 4.78 is 0. The Balaban J connectivity index is 1.79. The summed E-state index contributed by atoms with van der Waals surface area (Å²) in [5, 5.41) is 0. The van der Waals surface area contributed by atoms with E-state index in [0.29, 0.717) is 17.1 Å². The van der Waals surface area contributed by atoms with E-state index in [1.807, 2.05) is 0 Å². The molecule has 0 radical (unpaired) electrons. The summed E-state index contributed by atoms with van der Waals surface area (Å²) >= 11 is 0. The molecule has 3 fully saturated rings. The van der Waals surface area contributed by atoms with Crippen LogP contribution in [0.1, 0.15) is 64.7 Å². The van der Waals surface area contributed by atoms with Gasteiger partial charge in [-0.3, -0.25) is 4.79 Å². The summed E-state index contributed by atoms with van der Waals surface area (Å²) in [5.74, 6) is 2.73. The predicted molar refractivity (Wildman–Crippen MR) is 65.1 cm³/mol. The lowest BCUT2D eigenvalue weighted by Gasteiger charge is -2.57. The molecule has 3 aliphatic carbocycles. The van der Waals surface area contributed by atoms with Gasteiger partial charge in [0.15, 0.2) is 0 Å². The summed E-state index contributed by atoms with van der Waals surface area (Å²) in [6.45, 7) is 2.40. The lowest BCUT2D eigenvalue weighted by molar-refractivity contribution is -0.144. The third kappa shape index (κ3) is 1.39. The van der Waals surface area contributed by atoms with Gasteiger partial charge in [0, 0.05) is 12.3 Å². The highest BCUT2D eigenvalue weighted by Crippen LogP contribution is 2.65. The highest BCUT2D eigenvalue weighted by atomic mass is 16.1. The number of rotatable bonds is 0. The van der Waals surface area contributed by atoms with Crippen molar-refractivity contribution in [2.75, 3.05) is 0 Å². The summed E-state index contributed by atoms with van der Waals surface area (Å²) in [5.41, 5.74) is 0.423. The Hall–Kier alpha value is -0.330. The third-order valence-electron chi connectivity index (χ3n) is 5.81. The van der Waals surface area contributed by atoms with Gasteiger partial charge in [-0.2, -0.15) is 0 Å². The first-order valence-electron chi connectivity index (χ1n) is 7.26. The Labute approximate surface area is 99.0 Å². The molecule has 4 atom stereocenters. The summed E-state index contributed by atoms with van der Waals surface area (Å²) in [4.78, 5) is 12.0. The van der Waals surface area contributed by atoms with Crippen molar-refractivity contribution < 1.29 is 4.79 Å². The lowest BCUT2D eigenvalue weighted by Crippen LogP contribution is -2.54. The Morgan fingerprint density at radius 2 is 1.75 bits per heavy atom. The summed E-state index contributed by atoms with van der Waals surface area (Å²) in [7, 11) is 0. The van der Waals surface area contributed by atoms with E-state index >= 15 is 0 Å². The van der Waals surface area contributed by atoms with Gasteiger partial charge >= 0.3 is 0 Å². The molecule has 0 N–H and O–H groups in total. The standard InChI is InChI=1S/C15H24O/c1-15-10-9-13(16)14(15)11-7-5-3-2-4-6-8-12(11)15/h11-12,14H,2-10H2,1H3. The van der Waals surface area contributed by atoms with Crippen LogP contribution in [0.5, 0.6) is 0 Å². The Bertz CT molecular complexity index is 296. The molecular weight excluding hydrogens is 196 g/mol. The number of Topliss-reactive ketones (excluding diaryl/α,β-unsaturated/α-hetero) is 1. The number of carbonyl (C=O) groups is 1. The molecule has 90 valence electrons. The van der Waals surface area contributed by atoms with Gasteiger partial charge in [0.05, 0.1) is 0 Å². The van der Waals surface area contributed by atoms with Gasteiger partial charge in [-0.1, -0.05) is 39.0 Å². The molecule has 1 heteroatoms. The minimum atomic E-state index is 0.423. The number of hydrogen-bond acceptors (Lipinski definition) is 1. The van der Waals surface area contributed by atoms with Crippen LogP contribution < -0.4 is 0 Å². The minimum Gasteiger partial charge on any atom is -0.299 e. The molecule has 3 aliphatic rings. The Morgan fingerprint density at radius 1 is 1.06 bits per heavy atom. The first-order valence-corrected chi connectivity index (χ1v) is 7.26. The number of hydrogen-bond donors (Lipinski definition) is 0. The third-order valence-corrected chi connectivity index (χ3v) is 5.81. The number of ketones is 1. The van der Waals surface area contributed by atoms with Gasteiger partial charge in [-0.05, 0) is 36.5 Å². The van der Waals surface area contributed by atoms with E-state index in [2.05, 4.69) is 6.92 Å². The monoisotopic (exact) mass is 220 g/mol. The fourth-order valence-corrected chi connectivity index (χ4v) is 5.00. The highest BCUT2D eigenvalue weighted by molar-refractivity contribution is 5.86. The van der Waals surface area contributed by atoms with Crippen molar-refractivity contribution in [3.63, 3.8) is 0 Å². The SMILES string of the molecule is CC12CCC(=O)C1C1CCCCCCCC12. The fourth-order valence-electron chi connectivity index (χ4n) is 5.00. The molecule has 0 aromatic heterocycles. The van der Waals surface area contributed by atoms with Crippen molar-refractivity contribution in [1.82, 2.24) is 0 Å². The van der Waals surface area contributed by atoms with Crippen LogP contribution in [-0.2, 0) is 4.79 Å². The molecule has 4 unspecified atom stereocenters. The number of fused-ring (bicyclic) bond motifs is 4. The van der Waals surface area contributed by atoms with E-state index in [1.54, 1.807) is 0 Å². The first kappa shape index (κ1) is 10.8. The van der Waals surface area contributed by atoms with E-state index in [0.717, 1.165) is 18.3 Å². The molecule has 0 aromatic carbocycles. The maximum atomic E-state index is 12.0. The van der Waals surface area contributed by atoms with Crippen LogP contribution in [0.3, 0.4) is 0 Å². The van der Waals surface area contributed by atoms with Crippen molar-refractivity contribution in [2.45, 2.75) is 64.7 Å². The zero-order chi connectivity index (χ0) is 11.2. The largest absolute Gasteiger partial charge is 0.299 e. The van der Waals surface area contributed by atoms with Crippen molar-refractivity contribution in [2.24, 2.45) is 23.2 Å². The molecule has 0 aromatic rings. The van der Waals surface area contributed by atoms with Crippen LogP contribution in [0.2, 0.25) is 0 Å². The quantitative estimate of drug-likeness (QED) is 0.604. The second-order valence-corrected chi connectivity index (χ2v) is 6.57. The van der Waals surface area contributed by atoms with Gasteiger partial charge in [0.2, 0.25) is 0 Å². The molecule has 0 amide bonds. The molecule has 0 spiro atoms. The van der Waals surface area contributed by atoms with Gasteiger partial charge in [0.1, 0.15) is 5.78 Å². The molecule has 0 bridgehead atoms. The molecule has 3 rings (SSSR count). The van der Waals surface area contributed by atoms with Crippen LogP contribution in [-0.4, -0.2) is 5.78 Å². The molecular formula is C15H24O. The first-order chi connectivity index (χ1) is 7.73. The summed E-state index contributed by atoms with van der Waals surface area (Å²) in [6, 6.07) is 0. The molecule has 3 saturated carbocycles. The number of carbonyl (C=O) groups excluding carboxylic acids is 1. The van der Waals surface area contributed by atoms with Crippen molar-refractivity contribution in [3.8, 4) is 0 Å². The molecule has 16 heavy (non-hydrogen) atoms. The zero-order valence-corrected chi connectivity index (χ0v) is 10.5. The van der Waals surface area contributed by atoms with E-state index in [1.165, 1.54) is 51.4 Å². The average molecular weight is 220 g/mol. The van der Waals surface area contributed by atoms with Crippen LogP contribution in [0, 0.1) is 23.2 Å². The Morgan fingerprint density at radius 3 is 2.56 bits per heavy atom. The zero-order valence-electron chi connectivity index (χ0n) is 10.5. The van der Waals surface area contributed by atoms with E-state index in [-0.39, 0.29) is 0 Å². The maximum Gasteiger partial charge on any atom is 0.136 e. The van der Waals surface area contributed by atoms with Gasteiger partial charge < -0.3 is 0 Å². The topological polar surface area (TPSA) is 17.1 Å². The molecule has 0 aliphatic heterocycles. The van der Waals surface area contributed by atoms with Gasteiger partial charge in [-0.25, -0.2) is 0 Å². The van der Waals surface area contributed by atoms with E-state index < -0.39 is 0 Å². The fraction of sp³-hybridized carbons (Fsp3) is 0.933. The van der Waals surface area contributed by atoms with Crippen molar-refractivity contribution in [3.05, 3.63) is 0 Å². The van der Waals surface area contributed by atoms with Crippen LogP contribution in [0.4, 0.5) is 0 Å². The van der Waals surface area contributed by atoms with E-state index in [9.17, 15) is 4.79 Å². The second kappa shape index (κ2) is 3.85. The van der Waals surface area contributed by atoms with Crippen LogP contribution in [0.25, 0.3) is 0 Å². The normalized spacial score (nSPS) is 48.3. The second-order valence-electron chi connectivity index (χ2n) is 6.57. The summed E-state index contributed by atoms with van der Waals surface area (Å²) in [6.07, 6.45) is 11.9. The van der Waals surface area contributed by atoms with E-state index in [4.69, 9.17) is 0 Å². The lowest BCUT2D eigenvalue weighted by atomic mass is 9.47. The highest BCUT2D eigenvalue weighted by Gasteiger charge is 2.63. The Kier molecular flexibility index (Phi) is 2.60.